The van der Waals surface area contributed by atoms with E-state index in [0.717, 1.165) is 11.3 Å². The number of hydrogen-bond donors (Lipinski definition) is 2. The van der Waals surface area contributed by atoms with E-state index < -0.39 is 0 Å². The highest BCUT2D eigenvalue weighted by Gasteiger charge is 2.31. The van der Waals surface area contributed by atoms with Crippen LogP contribution < -0.4 is 5.32 Å². The molecule has 1 atom stereocenters. The third-order valence-electron chi connectivity index (χ3n) is 9.53. The molecule has 2 N–H and O–H groups in total. The van der Waals surface area contributed by atoms with Crippen LogP contribution in [0, 0.1) is 5.41 Å². The molecule has 9 rings (SSSR count). The van der Waals surface area contributed by atoms with Gasteiger partial charge in [0.25, 0.3) is 0 Å². The van der Waals surface area contributed by atoms with Gasteiger partial charge in [-0.25, -0.2) is 0 Å². The van der Waals surface area contributed by atoms with Gasteiger partial charge in [-0.3, -0.25) is 0 Å². The van der Waals surface area contributed by atoms with Gasteiger partial charge < -0.3 is 10.7 Å². The van der Waals surface area contributed by atoms with E-state index in [1.807, 2.05) is 6.08 Å². The molecule has 1 heterocycles. The van der Waals surface area contributed by atoms with Crippen molar-refractivity contribution in [2.24, 2.45) is 0 Å². The third-order valence-corrected chi connectivity index (χ3v) is 9.53. The highest BCUT2D eigenvalue weighted by Crippen LogP contribution is 2.58. The fourth-order valence-corrected chi connectivity index (χ4v) is 7.60. The maximum Gasteiger partial charge on any atom is 0.0706 e. The number of dihydropyridines is 1. The van der Waals surface area contributed by atoms with Crippen molar-refractivity contribution in [1.82, 2.24) is 5.32 Å². The Labute approximate surface area is 268 Å². The molecule has 46 heavy (non-hydrogen) atoms. The maximum atomic E-state index is 7.38. The van der Waals surface area contributed by atoms with Gasteiger partial charge in [-0.1, -0.05) is 146 Å². The summed E-state index contributed by atoms with van der Waals surface area (Å²) in [6.45, 7) is 0. The fourth-order valence-electron chi connectivity index (χ4n) is 7.60. The van der Waals surface area contributed by atoms with Crippen LogP contribution >= 0.6 is 0 Å². The summed E-state index contributed by atoms with van der Waals surface area (Å²) in [6, 6.07) is 42.2. The van der Waals surface area contributed by atoms with Gasteiger partial charge in [-0.2, -0.15) is 0 Å². The number of allylic oxidation sites excluding steroid dienone is 6. The van der Waals surface area contributed by atoms with Crippen LogP contribution in [0.1, 0.15) is 5.56 Å². The predicted molar refractivity (Wildman–Crippen MR) is 195 cm³/mol. The minimum atomic E-state index is 0.0790. The smallest absolute Gasteiger partial charge is 0.0706 e. The summed E-state index contributed by atoms with van der Waals surface area (Å²) in [5.74, 6) is 0. The Morgan fingerprint density at radius 1 is 0.543 bits per heavy atom. The Balaban J connectivity index is 1.31. The molecule has 0 fully saturated rings. The van der Waals surface area contributed by atoms with Gasteiger partial charge >= 0.3 is 0 Å². The predicted octanol–water partition coefficient (Wildman–Crippen LogP) is 10.9. The Bertz CT molecular complexity index is 2290. The average molecular weight is 587 g/mol. The molecule has 2 aliphatic carbocycles. The topological polar surface area (TPSA) is 35.9 Å². The van der Waals surface area contributed by atoms with Crippen molar-refractivity contribution >= 4 is 33.5 Å². The van der Waals surface area contributed by atoms with Gasteiger partial charge in [0.2, 0.25) is 0 Å². The van der Waals surface area contributed by atoms with E-state index in [1.54, 1.807) is 6.08 Å². The highest BCUT2D eigenvalue weighted by molar-refractivity contribution is 6.28. The molecule has 2 nitrogen and oxygen atoms in total. The van der Waals surface area contributed by atoms with Crippen LogP contribution in [0.25, 0.3) is 71.7 Å². The number of hydrogen-bond acceptors (Lipinski definition) is 2. The summed E-state index contributed by atoms with van der Waals surface area (Å²) < 4.78 is 0. The standard InChI is InChI=1S/C44H30N2/c45-26-10-11-28-20-21-29-22-25-38(46-39(29)27-28)32-23-24-37-42-33(32)18-9-19-36(42)43-40(30-12-3-1-4-13-30)34-16-7-8-17-35(34)41(44(37)43)31-14-5-2-6-15-31/h1-27,39,45-46H/b11-10-,45-26?. The fraction of sp³-hybridized carbons (Fsp3) is 0.0227. The molecule has 0 spiro atoms. The molecule has 0 aromatic heterocycles. The largest absolute Gasteiger partial charge is 0.374 e. The molecule has 6 aromatic rings. The number of fused-ring (bicyclic) bond motifs is 5. The highest BCUT2D eigenvalue weighted by atomic mass is 14.9. The van der Waals surface area contributed by atoms with Crippen LogP contribution in [0.2, 0.25) is 0 Å². The van der Waals surface area contributed by atoms with E-state index in [1.165, 1.54) is 83.4 Å². The van der Waals surface area contributed by atoms with Gasteiger partial charge in [0.1, 0.15) is 0 Å². The zero-order valence-corrected chi connectivity index (χ0v) is 25.2. The van der Waals surface area contributed by atoms with E-state index in [-0.39, 0.29) is 6.04 Å². The van der Waals surface area contributed by atoms with Crippen molar-refractivity contribution in [1.29, 1.82) is 5.41 Å². The Morgan fingerprint density at radius 2 is 1.15 bits per heavy atom. The minimum absolute atomic E-state index is 0.0790. The monoisotopic (exact) mass is 586 g/mol. The molecule has 0 amide bonds. The summed E-state index contributed by atoms with van der Waals surface area (Å²) in [6.07, 6.45) is 16.0. The maximum absolute atomic E-state index is 7.38. The molecule has 1 unspecified atom stereocenters. The van der Waals surface area contributed by atoms with E-state index in [9.17, 15) is 0 Å². The van der Waals surface area contributed by atoms with E-state index >= 15 is 0 Å². The minimum Gasteiger partial charge on any atom is -0.374 e. The first-order chi connectivity index (χ1) is 22.8. The first-order valence-electron chi connectivity index (χ1n) is 15.8. The van der Waals surface area contributed by atoms with Gasteiger partial charge in [-0.15, -0.1) is 0 Å². The summed E-state index contributed by atoms with van der Waals surface area (Å²) in [5, 5.41) is 16.3. The molecule has 1 aliphatic heterocycles. The van der Waals surface area contributed by atoms with Crippen LogP contribution in [0.4, 0.5) is 0 Å². The van der Waals surface area contributed by atoms with Crippen molar-refractivity contribution in [2.75, 3.05) is 0 Å². The lowest BCUT2D eigenvalue weighted by molar-refractivity contribution is 0.810. The lowest BCUT2D eigenvalue weighted by Gasteiger charge is -2.27. The van der Waals surface area contributed by atoms with Gasteiger partial charge in [-0.05, 0) is 89.4 Å². The number of benzene rings is 6. The van der Waals surface area contributed by atoms with Gasteiger partial charge in [0.05, 0.1) is 6.04 Å². The summed E-state index contributed by atoms with van der Waals surface area (Å²) in [5.41, 5.74) is 14.9. The summed E-state index contributed by atoms with van der Waals surface area (Å²) >= 11 is 0. The van der Waals surface area contributed by atoms with Gasteiger partial charge in [0.15, 0.2) is 0 Å². The second-order valence-electron chi connectivity index (χ2n) is 12.1. The first kappa shape index (κ1) is 26.4. The van der Waals surface area contributed by atoms with Crippen molar-refractivity contribution in [3.63, 3.8) is 0 Å². The van der Waals surface area contributed by atoms with Crippen molar-refractivity contribution in [2.45, 2.75) is 6.04 Å². The average Bonchev–Trinajstić information content (AvgIpc) is 3.45. The molecule has 3 aliphatic rings. The molecule has 0 bridgehead atoms. The number of rotatable bonds is 5. The SMILES string of the molecule is N=C/C=C\C1=CC2NC(c3ccc4c5c(cccc35)-c3c-4c(-c4ccccc4)c4ccccc4c3-c3ccccc3)=CC=C2C=C1. The normalized spacial score (nSPS) is 16.1. The lowest BCUT2D eigenvalue weighted by atomic mass is 9.82. The Morgan fingerprint density at radius 3 is 1.83 bits per heavy atom. The van der Waals surface area contributed by atoms with E-state index in [0.29, 0.717) is 0 Å². The molecule has 6 aromatic carbocycles. The molecular weight excluding hydrogens is 556 g/mol. The molecule has 2 heteroatoms. The Hall–Kier alpha value is -5.99. The molecule has 0 saturated heterocycles. The van der Waals surface area contributed by atoms with Gasteiger partial charge in [0, 0.05) is 17.5 Å². The van der Waals surface area contributed by atoms with Crippen LogP contribution in [-0.4, -0.2) is 12.3 Å². The second-order valence-corrected chi connectivity index (χ2v) is 12.1. The Kier molecular flexibility index (Phi) is 6.07. The third kappa shape index (κ3) is 4.01. The zero-order chi connectivity index (χ0) is 30.6. The molecule has 216 valence electrons. The van der Waals surface area contributed by atoms with Crippen LogP contribution in [0.15, 0.2) is 169 Å². The quantitative estimate of drug-likeness (QED) is 0.193. The second kappa shape index (κ2) is 10.6. The van der Waals surface area contributed by atoms with Crippen molar-refractivity contribution in [3.05, 3.63) is 175 Å². The van der Waals surface area contributed by atoms with Crippen LogP contribution in [-0.2, 0) is 0 Å². The summed E-state index contributed by atoms with van der Waals surface area (Å²) in [4.78, 5) is 0. The molecule has 0 radical (unpaired) electrons. The zero-order valence-electron chi connectivity index (χ0n) is 25.2. The van der Waals surface area contributed by atoms with E-state index in [4.69, 9.17) is 5.41 Å². The van der Waals surface area contributed by atoms with Crippen LogP contribution in [0.5, 0.6) is 0 Å². The summed E-state index contributed by atoms with van der Waals surface area (Å²) in [7, 11) is 0. The molecular formula is C44H30N2. The molecule has 0 saturated carbocycles. The van der Waals surface area contributed by atoms with Crippen LogP contribution in [0.3, 0.4) is 0 Å². The van der Waals surface area contributed by atoms with Crippen molar-refractivity contribution in [3.8, 4) is 44.5 Å². The number of nitrogens with one attached hydrogen (secondary N) is 2. The van der Waals surface area contributed by atoms with E-state index in [2.05, 4.69) is 151 Å². The first-order valence-corrected chi connectivity index (χ1v) is 15.8. The lowest BCUT2D eigenvalue weighted by Crippen LogP contribution is -2.31. The van der Waals surface area contributed by atoms with Crippen molar-refractivity contribution < 1.29 is 0 Å².